The molecular weight excluding hydrogens is 464 g/mol. The quantitative estimate of drug-likeness (QED) is 0.237. The Bertz CT molecular complexity index is 995. The van der Waals surface area contributed by atoms with Gasteiger partial charge in [-0.3, -0.25) is 29.0 Å². The summed E-state index contributed by atoms with van der Waals surface area (Å²) >= 11 is 2.57. The molecule has 0 spiro atoms. The predicted octanol–water partition coefficient (Wildman–Crippen LogP) is -2.22. The maximum Gasteiger partial charge on any atom is 0.352 e. The summed E-state index contributed by atoms with van der Waals surface area (Å²) < 4.78 is 4.89. The number of aliphatic hydroxyl groups is 1. The predicted molar refractivity (Wildman–Crippen MR) is 111 cm³/mol. The molecule has 0 aromatic heterocycles. The fourth-order valence-electron chi connectivity index (χ4n) is 3.91. The highest BCUT2D eigenvalue weighted by molar-refractivity contribution is 8.00. The van der Waals surface area contributed by atoms with Crippen molar-refractivity contribution in [3.05, 3.63) is 22.5 Å². The van der Waals surface area contributed by atoms with E-state index in [1.807, 2.05) is 0 Å². The van der Waals surface area contributed by atoms with Gasteiger partial charge in [0.15, 0.2) is 0 Å². The zero-order valence-corrected chi connectivity index (χ0v) is 18.4. The van der Waals surface area contributed by atoms with Crippen LogP contribution in [0.15, 0.2) is 22.5 Å². The third-order valence-corrected chi connectivity index (χ3v) is 8.18. The van der Waals surface area contributed by atoms with Crippen molar-refractivity contribution in [3.8, 4) is 0 Å². The molecule has 0 unspecified atom stereocenters. The van der Waals surface area contributed by atoms with E-state index < -0.39 is 59.1 Å². The normalized spacial score (nSPS) is 29.1. The van der Waals surface area contributed by atoms with Gasteiger partial charge in [-0.15, -0.1) is 23.5 Å². The molecule has 5 N–H and O–H groups in total. The van der Waals surface area contributed by atoms with Gasteiger partial charge in [-0.05, 0) is 5.57 Å². The number of aliphatic carboxylic acids is 1. The summed E-state index contributed by atoms with van der Waals surface area (Å²) in [6.07, 6.45) is 0. The van der Waals surface area contributed by atoms with Crippen LogP contribution in [0.3, 0.4) is 0 Å². The summed E-state index contributed by atoms with van der Waals surface area (Å²) in [7, 11) is 0. The van der Waals surface area contributed by atoms with E-state index in [1.54, 1.807) is 0 Å². The summed E-state index contributed by atoms with van der Waals surface area (Å²) in [6, 6.07) is -1.75. The fraction of sp³-hybridized carbons (Fsp3) is 0.500. The molecule has 32 heavy (non-hydrogen) atoms. The van der Waals surface area contributed by atoms with Crippen LogP contribution in [0.5, 0.6) is 0 Å². The van der Waals surface area contributed by atoms with Crippen LogP contribution < -0.4 is 11.1 Å². The van der Waals surface area contributed by atoms with E-state index in [4.69, 9.17) is 10.5 Å². The highest BCUT2D eigenvalue weighted by Crippen LogP contribution is 2.42. The van der Waals surface area contributed by atoms with Crippen LogP contribution in [0.1, 0.15) is 6.92 Å². The lowest BCUT2D eigenvalue weighted by atomic mass is 10.0. The van der Waals surface area contributed by atoms with Crippen molar-refractivity contribution in [2.45, 2.75) is 29.8 Å². The summed E-state index contributed by atoms with van der Waals surface area (Å²) in [5, 5.41) is 20.7. The first-order valence-corrected chi connectivity index (χ1v) is 11.6. The number of carbonyl (C=O) groups is 5. The highest BCUT2D eigenvalue weighted by Gasteiger charge is 2.56. The van der Waals surface area contributed by atoms with E-state index in [0.717, 1.165) is 4.90 Å². The van der Waals surface area contributed by atoms with E-state index in [-0.39, 0.29) is 29.3 Å². The monoisotopic (exact) mass is 484 g/mol. The van der Waals surface area contributed by atoms with Gasteiger partial charge in [0.1, 0.15) is 40.8 Å². The number of carboxylic acid groups (broad SMARTS) is 1. The Kier molecular flexibility index (Phi) is 5.96. The van der Waals surface area contributed by atoms with Crippen molar-refractivity contribution < 1.29 is 38.9 Å². The molecule has 2 fully saturated rings. The van der Waals surface area contributed by atoms with Crippen LogP contribution in [-0.4, -0.2) is 97.2 Å². The van der Waals surface area contributed by atoms with Crippen molar-refractivity contribution in [2.75, 3.05) is 24.7 Å². The Hall–Kier alpha value is -2.55. The Morgan fingerprint density at radius 2 is 1.72 bits per heavy atom. The lowest BCUT2D eigenvalue weighted by Gasteiger charge is -2.51. The average Bonchev–Trinajstić information content (AvgIpc) is 2.78. The number of carbonyl (C=O) groups excluding carboxylic acids is 4. The average molecular weight is 485 g/mol. The largest absolute Gasteiger partial charge is 0.477 e. The van der Waals surface area contributed by atoms with Gasteiger partial charge in [0.05, 0.1) is 6.61 Å². The lowest BCUT2D eigenvalue weighted by Crippen LogP contribution is -2.72. The number of aliphatic hydroxyl groups excluding tert-OH is 1. The molecule has 4 atom stereocenters. The first kappa shape index (κ1) is 22.6. The number of carboxylic acids is 1. The number of β-lactam (4-membered cyclic amide) rings is 2. The Labute approximate surface area is 190 Å². The number of ether oxygens (including phenoxy) is 1. The van der Waals surface area contributed by atoms with Gasteiger partial charge >= 0.3 is 11.9 Å². The van der Waals surface area contributed by atoms with Gasteiger partial charge < -0.3 is 26.0 Å². The minimum absolute atomic E-state index is 0.0143. The zero-order valence-electron chi connectivity index (χ0n) is 16.8. The van der Waals surface area contributed by atoms with E-state index in [1.165, 1.54) is 35.3 Å². The smallest absolute Gasteiger partial charge is 0.352 e. The molecule has 4 heterocycles. The molecular formula is C18H20N4O8S2. The number of fused-ring (bicyclic) bond motifs is 2. The molecule has 0 aliphatic carbocycles. The second kappa shape index (κ2) is 8.42. The van der Waals surface area contributed by atoms with Crippen molar-refractivity contribution in [1.29, 1.82) is 0 Å². The molecule has 0 bridgehead atoms. The molecule has 0 aromatic rings. The molecule has 0 aromatic carbocycles. The molecule has 4 aliphatic rings. The Morgan fingerprint density at radius 1 is 1.09 bits per heavy atom. The van der Waals surface area contributed by atoms with Crippen molar-refractivity contribution in [3.63, 3.8) is 0 Å². The third-order valence-electron chi connectivity index (χ3n) is 5.48. The number of rotatable bonds is 6. The number of esters is 1. The molecule has 0 radical (unpaired) electrons. The molecule has 0 saturated carbocycles. The van der Waals surface area contributed by atoms with E-state index in [9.17, 15) is 34.2 Å². The molecule has 3 amide bonds. The highest BCUT2D eigenvalue weighted by atomic mass is 32.2. The van der Waals surface area contributed by atoms with Gasteiger partial charge in [0.25, 0.3) is 11.8 Å². The number of nitrogens with one attached hydrogen (secondary N) is 1. The Morgan fingerprint density at radius 3 is 2.34 bits per heavy atom. The summed E-state index contributed by atoms with van der Waals surface area (Å²) in [6.45, 7) is 0.510. The summed E-state index contributed by atoms with van der Waals surface area (Å²) in [5.41, 5.74) is 6.14. The van der Waals surface area contributed by atoms with Crippen molar-refractivity contribution in [2.24, 2.45) is 5.73 Å². The second-order valence-electron chi connectivity index (χ2n) is 7.44. The topological polar surface area (TPSA) is 180 Å². The van der Waals surface area contributed by atoms with E-state index >= 15 is 0 Å². The number of thioether (sulfide) groups is 2. The van der Waals surface area contributed by atoms with E-state index in [2.05, 4.69) is 5.32 Å². The molecule has 14 heteroatoms. The standard InChI is InChI=1S/C18H20N4O8S2/c1-6(24)30-3-8-5-32-17-10(15(27)22(17)12(8)18(28)29)20-13(25)11-7(2-23)4-31-16-9(19)14(26)21(11)16/h9-10,16-17,23H,2-5,19H2,1H3,(H,20,25)(H,28,29)/t9-,10-,16-,17-/m1/s1. The molecule has 2 saturated heterocycles. The Balaban J connectivity index is 1.53. The maximum absolute atomic E-state index is 13.0. The maximum atomic E-state index is 13.0. The number of hydrogen-bond acceptors (Lipinski definition) is 10. The number of amides is 3. The molecule has 4 aliphatic heterocycles. The first-order chi connectivity index (χ1) is 15.2. The van der Waals surface area contributed by atoms with Crippen molar-refractivity contribution in [1.82, 2.24) is 15.1 Å². The lowest BCUT2D eigenvalue weighted by molar-refractivity contribution is -0.151. The van der Waals surface area contributed by atoms with Crippen LogP contribution in [-0.2, 0) is 28.7 Å². The number of nitrogens with two attached hydrogens (primary N) is 1. The minimum atomic E-state index is -1.34. The summed E-state index contributed by atoms with van der Waals surface area (Å²) in [4.78, 5) is 63.1. The van der Waals surface area contributed by atoms with Gasteiger partial charge in [-0.2, -0.15) is 0 Å². The number of nitrogens with zero attached hydrogens (tertiary/aromatic N) is 2. The van der Waals surface area contributed by atoms with Gasteiger partial charge in [0, 0.05) is 24.0 Å². The van der Waals surface area contributed by atoms with Crippen LogP contribution in [0, 0.1) is 0 Å². The number of hydrogen-bond donors (Lipinski definition) is 4. The van der Waals surface area contributed by atoms with Gasteiger partial charge in [-0.1, -0.05) is 0 Å². The minimum Gasteiger partial charge on any atom is -0.477 e. The first-order valence-electron chi connectivity index (χ1n) is 9.54. The molecule has 4 rings (SSSR count). The third kappa shape index (κ3) is 3.46. The molecule has 12 nitrogen and oxygen atoms in total. The van der Waals surface area contributed by atoms with Gasteiger partial charge in [0.2, 0.25) is 5.91 Å². The summed E-state index contributed by atoms with van der Waals surface area (Å²) in [5.74, 6) is -3.19. The molecule has 172 valence electrons. The van der Waals surface area contributed by atoms with Crippen LogP contribution >= 0.6 is 23.5 Å². The van der Waals surface area contributed by atoms with Gasteiger partial charge in [-0.25, -0.2) is 4.79 Å². The van der Waals surface area contributed by atoms with Crippen LogP contribution in [0.25, 0.3) is 0 Å². The van der Waals surface area contributed by atoms with Crippen molar-refractivity contribution >= 4 is 53.2 Å². The SMILES string of the molecule is CC(=O)OCC1=C(C(=O)O)N2C(=O)[C@@H](NC(=O)C3=C(CO)CS[C@@H]4[C@H](N)C(=O)N34)[C@H]2SC1. The fourth-order valence-corrected chi connectivity index (χ4v) is 6.52. The second-order valence-corrected chi connectivity index (χ2v) is 9.65. The van der Waals surface area contributed by atoms with Crippen LogP contribution in [0.4, 0.5) is 0 Å². The zero-order chi connectivity index (χ0) is 23.3. The van der Waals surface area contributed by atoms with Crippen LogP contribution in [0.2, 0.25) is 0 Å². The van der Waals surface area contributed by atoms with E-state index in [0.29, 0.717) is 11.3 Å².